The highest BCUT2D eigenvalue weighted by Crippen LogP contribution is 2.27. The highest BCUT2D eigenvalue weighted by atomic mass is 35.5. The highest BCUT2D eigenvalue weighted by Gasteiger charge is 2.34. The van der Waals surface area contributed by atoms with E-state index in [1.54, 1.807) is 7.05 Å². The first-order valence-corrected chi connectivity index (χ1v) is 12.1. The number of anilines is 2. The van der Waals surface area contributed by atoms with Crippen molar-refractivity contribution in [1.82, 2.24) is 14.1 Å². The number of rotatable bonds is 5. The van der Waals surface area contributed by atoms with E-state index in [0.29, 0.717) is 23.8 Å². The predicted octanol–water partition coefficient (Wildman–Crippen LogP) is 3.28. The maximum Gasteiger partial charge on any atom is 0.263 e. The van der Waals surface area contributed by atoms with Crippen molar-refractivity contribution in [3.8, 4) is 0 Å². The summed E-state index contributed by atoms with van der Waals surface area (Å²) in [6, 6.07) is 10.8. The monoisotopic (exact) mass is 491 g/mol. The molecule has 0 atom stereocenters. The van der Waals surface area contributed by atoms with Crippen molar-refractivity contribution in [3.63, 3.8) is 0 Å². The summed E-state index contributed by atoms with van der Waals surface area (Å²) in [7, 11) is -2.46. The van der Waals surface area contributed by atoms with E-state index in [1.165, 1.54) is 39.4 Å². The molecule has 1 aliphatic heterocycles. The number of carbonyl (C=O) groups is 1. The van der Waals surface area contributed by atoms with Crippen LogP contribution >= 0.6 is 11.6 Å². The number of hydrogen-bond acceptors (Lipinski definition) is 5. The summed E-state index contributed by atoms with van der Waals surface area (Å²) in [4.78, 5) is 14.9. The first kappa shape index (κ1) is 23.2. The molecule has 3 aromatic rings. The Morgan fingerprint density at radius 1 is 1.09 bits per heavy atom. The molecular weight excluding hydrogens is 469 g/mol. The minimum atomic E-state index is -4.01. The molecule has 11 heteroatoms. The van der Waals surface area contributed by atoms with E-state index in [4.69, 9.17) is 11.6 Å². The molecule has 2 aromatic carbocycles. The fourth-order valence-electron chi connectivity index (χ4n) is 3.76. The van der Waals surface area contributed by atoms with Gasteiger partial charge in [-0.2, -0.15) is 9.40 Å². The molecule has 0 aliphatic carbocycles. The second-order valence-corrected chi connectivity index (χ2v) is 10.1. The SMILES string of the molecule is Cc1ccc(Cl)cc1N1CCN(S(=O)(=O)c2nn(C)cc2C(=O)Nc2ccc(F)cc2)CC1. The lowest BCUT2D eigenvalue weighted by Crippen LogP contribution is -2.49. The van der Waals surface area contributed by atoms with E-state index >= 15 is 0 Å². The van der Waals surface area contributed by atoms with Gasteiger partial charge >= 0.3 is 0 Å². The molecule has 1 N–H and O–H groups in total. The molecule has 1 amide bonds. The topological polar surface area (TPSA) is 87.5 Å². The first-order chi connectivity index (χ1) is 15.6. The molecule has 1 aromatic heterocycles. The van der Waals surface area contributed by atoms with Crippen molar-refractivity contribution in [2.75, 3.05) is 36.4 Å². The molecule has 174 valence electrons. The lowest BCUT2D eigenvalue weighted by molar-refractivity contribution is 0.102. The van der Waals surface area contributed by atoms with Crippen LogP contribution in [0.4, 0.5) is 15.8 Å². The highest BCUT2D eigenvalue weighted by molar-refractivity contribution is 7.89. The number of nitrogens with zero attached hydrogens (tertiary/aromatic N) is 4. The average molecular weight is 492 g/mol. The first-order valence-electron chi connectivity index (χ1n) is 10.3. The predicted molar refractivity (Wildman–Crippen MR) is 125 cm³/mol. The van der Waals surface area contributed by atoms with Crippen LogP contribution in [0, 0.1) is 12.7 Å². The number of halogens is 2. The van der Waals surface area contributed by atoms with Gasteiger partial charge in [-0.1, -0.05) is 17.7 Å². The van der Waals surface area contributed by atoms with E-state index < -0.39 is 21.7 Å². The number of piperazine rings is 1. The van der Waals surface area contributed by atoms with Crippen LogP contribution in [0.25, 0.3) is 0 Å². The van der Waals surface area contributed by atoms with Gasteiger partial charge in [0.1, 0.15) is 5.82 Å². The lowest BCUT2D eigenvalue weighted by Gasteiger charge is -2.35. The standard InChI is InChI=1S/C22H23ClFN5O3S/c1-15-3-4-16(23)13-20(15)28-9-11-29(12-10-28)33(31,32)22-19(14-27(2)26-22)21(30)25-18-7-5-17(24)6-8-18/h3-8,13-14H,9-12H2,1-2H3,(H,25,30). The minimum absolute atomic E-state index is 0.0741. The summed E-state index contributed by atoms with van der Waals surface area (Å²) < 4.78 is 42.5. The third kappa shape index (κ3) is 4.87. The van der Waals surface area contributed by atoms with Gasteiger partial charge in [-0.15, -0.1) is 0 Å². The van der Waals surface area contributed by atoms with Crippen LogP contribution in [0.5, 0.6) is 0 Å². The molecule has 2 heterocycles. The number of benzene rings is 2. The van der Waals surface area contributed by atoms with Crippen LogP contribution < -0.4 is 10.2 Å². The number of sulfonamides is 1. The Morgan fingerprint density at radius 2 is 1.76 bits per heavy atom. The van der Waals surface area contributed by atoms with E-state index in [1.807, 2.05) is 25.1 Å². The van der Waals surface area contributed by atoms with Crippen LogP contribution in [-0.2, 0) is 17.1 Å². The number of amides is 1. The number of aryl methyl sites for hydroxylation is 2. The van der Waals surface area contributed by atoms with Gasteiger partial charge in [-0.25, -0.2) is 12.8 Å². The Morgan fingerprint density at radius 3 is 2.42 bits per heavy atom. The molecule has 1 fully saturated rings. The zero-order valence-corrected chi connectivity index (χ0v) is 19.7. The number of carbonyl (C=O) groups excluding carboxylic acids is 1. The summed E-state index contributed by atoms with van der Waals surface area (Å²) in [5.41, 5.74) is 2.30. The molecule has 0 saturated carbocycles. The molecule has 1 saturated heterocycles. The Hall–Kier alpha value is -2.95. The van der Waals surface area contributed by atoms with Crippen molar-refractivity contribution >= 4 is 38.9 Å². The van der Waals surface area contributed by atoms with Crippen LogP contribution in [0.15, 0.2) is 53.7 Å². The third-order valence-electron chi connectivity index (χ3n) is 5.48. The van der Waals surface area contributed by atoms with Gasteiger partial charge in [0.15, 0.2) is 0 Å². The summed E-state index contributed by atoms with van der Waals surface area (Å²) in [6.45, 7) is 3.41. The van der Waals surface area contributed by atoms with Crippen molar-refractivity contribution in [2.45, 2.75) is 11.9 Å². The molecule has 1 aliphatic rings. The van der Waals surface area contributed by atoms with E-state index in [2.05, 4.69) is 15.3 Å². The minimum Gasteiger partial charge on any atom is -0.369 e. The molecular formula is C22H23ClFN5O3S. The zero-order valence-electron chi connectivity index (χ0n) is 18.1. The van der Waals surface area contributed by atoms with E-state index in [-0.39, 0.29) is 23.7 Å². The van der Waals surface area contributed by atoms with E-state index in [0.717, 1.165) is 11.3 Å². The van der Waals surface area contributed by atoms with Gasteiger partial charge in [-0.05, 0) is 48.9 Å². The van der Waals surface area contributed by atoms with Crippen molar-refractivity contribution in [2.24, 2.45) is 7.05 Å². The maximum absolute atomic E-state index is 13.4. The van der Waals surface area contributed by atoms with Gasteiger partial charge in [-0.3, -0.25) is 9.48 Å². The fraction of sp³-hybridized carbons (Fsp3) is 0.273. The summed E-state index contributed by atoms with van der Waals surface area (Å²) >= 11 is 6.13. The maximum atomic E-state index is 13.4. The summed E-state index contributed by atoms with van der Waals surface area (Å²) in [6.07, 6.45) is 1.36. The quantitative estimate of drug-likeness (QED) is 0.591. The van der Waals surface area contributed by atoms with Gasteiger partial charge < -0.3 is 10.2 Å². The van der Waals surface area contributed by atoms with Crippen LogP contribution in [0.3, 0.4) is 0 Å². The number of nitrogens with one attached hydrogen (secondary N) is 1. The van der Waals surface area contributed by atoms with Gasteiger partial charge in [0, 0.05) is 55.8 Å². The second kappa shape index (κ2) is 9.12. The van der Waals surface area contributed by atoms with E-state index in [9.17, 15) is 17.6 Å². The smallest absolute Gasteiger partial charge is 0.263 e. The Labute approximate surface area is 196 Å². The normalized spacial score (nSPS) is 15.0. The molecule has 0 unspecified atom stereocenters. The molecule has 8 nitrogen and oxygen atoms in total. The molecule has 0 bridgehead atoms. The largest absolute Gasteiger partial charge is 0.369 e. The Bertz CT molecular complexity index is 1290. The van der Waals surface area contributed by atoms with Crippen LogP contribution in [0.2, 0.25) is 5.02 Å². The van der Waals surface area contributed by atoms with Crippen LogP contribution in [-0.4, -0.2) is 54.6 Å². The van der Waals surface area contributed by atoms with Gasteiger partial charge in [0.05, 0.1) is 5.56 Å². The fourth-order valence-corrected chi connectivity index (χ4v) is 5.47. The van der Waals surface area contributed by atoms with Gasteiger partial charge in [0.25, 0.3) is 15.9 Å². The summed E-state index contributed by atoms with van der Waals surface area (Å²) in [5.74, 6) is -1.08. The number of hydrogen-bond donors (Lipinski definition) is 1. The number of aromatic nitrogens is 2. The third-order valence-corrected chi connectivity index (χ3v) is 7.55. The molecule has 4 rings (SSSR count). The van der Waals surface area contributed by atoms with Crippen molar-refractivity contribution in [1.29, 1.82) is 0 Å². The Kier molecular flexibility index (Phi) is 6.42. The van der Waals surface area contributed by atoms with Crippen molar-refractivity contribution in [3.05, 3.63) is 70.6 Å². The lowest BCUT2D eigenvalue weighted by atomic mass is 10.1. The summed E-state index contributed by atoms with van der Waals surface area (Å²) in [5, 5.41) is 6.98. The van der Waals surface area contributed by atoms with Gasteiger partial charge in [0.2, 0.25) is 5.03 Å². The second-order valence-electron chi connectivity index (χ2n) is 7.80. The average Bonchev–Trinajstić information content (AvgIpc) is 3.20. The molecule has 33 heavy (non-hydrogen) atoms. The molecule has 0 radical (unpaired) electrons. The van der Waals surface area contributed by atoms with Crippen molar-refractivity contribution < 1.29 is 17.6 Å². The molecule has 0 spiro atoms. The van der Waals surface area contributed by atoms with Crippen LogP contribution in [0.1, 0.15) is 15.9 Å². The zero-order chi connectivity index (χ0) is 23.8. The Balaban J connectivity index is 1.53.